The second kappa shape index (κ2) is 5.43. The number of hydrogen-bond acceptors (Lipinski definition) is 2. The van der Waals surface area contributed by atoms with Crippen molar-refractivity contribution < 1.29 is 9.59 Å². The molecule has 2 aromatic rings. The molecular formula is C20H25N2O+. The standard InChI is InChI=1S/C20H25N2O/c1-3-14-13-22(2)11-9-15(14)12-19(22)20(23)17-8-10-21-18-7-5-4-6-16(17)18/h3-8,10,14-15,19-20,23H,1,9,11-13H2,2H3/q+1/t14?,15?,19-,20+,22?/m1/s1. The molecule has 5 atom stereocenters. The zero-order valence-corrected chi connectivity index (χ0v) is 13.7. The molecule has 3 nitrogen and oxygen atoms in total. The van der Waals surface area contributed by atoms with Gasteiger partial charge in [0.05, 0.1) is 25.7 Å². The van der Waals surface area contributed by atoms with E-state index in [0.29, 0.717) is 11.8 Å². The monoisotopic (exact) mass is 309 g/mol. The molecule has 4 heterocycles. The van der Waals surface area contributed by atoms with E-state index >= 15 is 0 Å². The molecule has 0 aliphatic carbocycles. The molecule has 120 valence electrons. The number of piperidine rings is 3. The van der Waals surface area contributed by atoms with Crippen LogP contribution in [0.4, 0.5) is 0 Å². The van der Waals surface area contributed by atoms with E-state index in [1.54, 1.807) is 0 Å². The van der Waals surface area contributed by atoms with Gasteiger partial charge in [-0.3, -0.25) is 4.98 Å². The van der Waals surface area contributed by atoms with Crippen molar-refractivity contribution in [3.8, 4) is 0 Å². The Bertz CT molecular complexity index is 738. The predicted octanol–water partition coefficient (Wildman–Crippen LogP) is 3.31. The minimum absolute atomic E-state index is 0.274. The number of nitrogens with zero attached hydrogens (tertiary/aromatic N) is 2. The highest BCUT2D eigenvalue weighted by molar-refractivity contribution is 5.82. The van der Waals surface area contributed by atoms with E-state index in [-0.39, 0.29) is 6.04 Å². The van der Waals surface area contributed by atoms with Crippen molar-refractivity contribution in [1.29, 1.82) is 0 Å². The summed E-state index contributed by atoms with van der Waals surface area (Å²) in [7, 11) is 2.31. The van der Waals surface area contributed by atoms with Crippen molar-refractivity contribution in [2.24, 2.45) is 11.8 Å². The Labute approximate surface area is 137 Å². The third-order valence-corrected chi connectivity index (χ3v) is 6.26. The van der Waals surface area contributed by atoms with Crippen LogP contribution in [-0.2, 0) is 0 Å². The van der Waals surface area contributed by atoms with Gasteiger partial charge in [-0.05, 0) is 23.6 Å². The number of benzene rings is 1. The average Bonchev–Trinajstić information content (AvgIpc) is 2.60. The summed E-state index contributed by atoms with van der Waals surface area (Å²) in [6.45, 7) is 6.30. The zero-order chi connectivity index (χ0) is 16.0. The molecule has 0 spiro atoms. The van der Waals surface area contributed by atoms with Crippen LogP contribution in [0.15, 0.2) is 49.2 Å². The van der Waals surface area contributed by atoms with Crippen molar-refractivity contribution >= 4 is 10.9 Å². The zero-order valence-electron chi connectivity index (χ0n) is 13.7. The maximum atomic E-state index is 11.2. The molecule has 2 bridgehead atoms. The van der Waals surface area contributed by atoms with Gasteiger partial charge in [0.2, 0.25) is 0 Å². The van der Waals surface area contributed by atoms with Gasteiger partial charge in [-0.2, -0.15) is 0 Å². The number of likely N-dealkylation sites (N-methyl/N-ethyl adjacent to an activating group) is 1. The van der Waals surface area contributed by atoms with E-state index in [1.165, 1.54) is 13.0 Å². The topological polar surface area (TPSA) is 33.1 Å². The minimum Gasteiger partial charge on any atom is -0.382 e. The minimum atomic E-state index is -0.429. The lowest BCUT2D eigenvalue weighted by molar-refractivity contribution is -0.956. The molecule has 3 heteroatoms. The first-order valence-corrected chi connectivity index (χ1v) is 8.61. The SMILES string of the molecule is C=CC1C[N+]2(C)CCC1C[C@@H]2[C@@H](O)c1ccnc2ccccc12. The van der Waals surface area contributed by atoms with Gasteiger partial charge in [0.1, 0.15) is 12.1 Å². The summed E-state index contributed by atoms with van der Waals surface area (Å²) in [5, 5.41) is 12.3. The molecule has 3 aliphatic rings. The quantitative estimate of drug-likeness (QED) is 0.697. The van der Waals surface area contributed by atoms with Crippen LogP contribution in [0, 0.1) is 11.8 Å². The lowest BCUT2D eigenvalue weighted by Crippen LogP contribution is -2.66. The normalized spacial score (nSPS) is 34.4. The first-order valence-electron chi connectivity index (χ1n) is 8.61. The Hall–Kier alpha value is -1.71. The number of fused-ring (bicyclic) bond motifs is 4. The molecule has 5 rings (SSSR count). The summed E-state index contributed by atoms with van der Waals surface area (Å²) in [5.74, 6) is 1.28. The van der Waals surface area contributed by atoms with Gasteiger partial charge in [0.25, 0.3) is 0 Å². The summed E-state index contributed by atoms with van der Waals surface area (Å²) in [4.78, 5) is 4.43. The Morgan fingerprint density at radius 1 is 1.35 bits per heavy atom. The van der Waals surface area contributed by atoms with Crippen molar-refractivity contribution in [2.45, 2.75) is 25.0 Å². The maximum absolute atomic E-state index is 11.2. The molecule has 3 saturated heterocycles. The average molecular weight is 309 g/mol. The molecule has 3 aliphatic heterocycles. The third-order valence-electron chi connectivity index (χ3n) is 6.26. The van der Waals surface area contributed by atoms with Gasteiger partial charge in [0.15, 0.2) is 0 Å². The van der Waals surface area contributed by atoms with Crippen LogP contribution >= 0.6 is 0 Å². The summed E-state index contributed by atoms with van der Waals surface area (Å²) in [6, 6.07) is 10.4. The van der Waals surface area contributed by atoms with Gasteiger partial charge in [-0.25, -0.2) is 0 Å². The molecule has 0 radical (unpaired) electrons. The van der Waals surface area contributed by atoms with Crippen LogP contribution in [-0.4, -0.2) is 40.8 Å². The van der Waals surface area contributed by atoms with E-state index in [9.17, 15) is 5.11 Å². The fourth-order valence-corrected chi connectivity index (χ4v) is 4.88. The third kappa shape index (κ3) is 2.30. The van der Waals surface area contributed by atoms with E-state index < -0.39 is 6.10 Å². The van der Waals surface area contributed by atoms with Gasteiger partial charge in [0, 0.05) is 30.3 Å². The number of aliphatic hydroxyl groups excluding tert-OH is 1. The first kappa shape index (κ1) is 14.9. The number of pyridine rings is 1. The molecule has 0 amide bonds. The second-order valence-corrected chi connectivity index (χ2v) is 7.50. The number of hydrogen-bond donors (Lipinski definition) is 1. The number of quaternary nitrogens is 1. The molecular weight excluding hydrogens is 284 g/mol. The van der Waals surface area contributed by atoms with Crippen molar-refractivity contribution in [3.63, 3.8) is 0 Å². The van der Waals surface area contributed by atoms with Gasteiger partial charge < -0.3 is 9.59 Å². The molecule has 3 unspecified atom stereocenters. The summed E-state index contributed by atoms with van der Waals surface area (Å²) in [5.41, 5.74) is 1.99. The Kier molecular flexibility index (Phi) is 3.51. The predicted molar refractivity (Wildman–Crippen MR) is 92.8 cm³/mol. The number of aromatic nitrogens is 1. The second-order valence-electron chi connectivity index (χ2n) is 7.50. The van der Waals surface area contributed by atoms with Gasteiger partial charge in [-0.15, -0.1) is 6.58 Å². The fraction of sp³-hybridized carbons (Fsp3) is 0.450. The van der Waals surface area contributed by atoms with Crippen molar-refractivity contribution in [1.82, 2.24) is 4.98 Å². The highest BCUT2D eigenvalue weighted by Gasteiger charge is 2.51. The van der Waals surface area contributed by atoms with Crippen LogP contribution in [0.1, 0.15) is 24.5 Å². The van der Waals surface area contributed by atoms with E-state index in [2.05, 4.69) is 30.8 Å². The summed E-state index contributed by atoms with van der Waals surface area (Å²) >= 11 is 0. The fourth-order valence-electron chi connectivity index (χ4n) is 4.88. The molecule has 1 aromatic carbocycles. The van der Waals surface area contributed by atoms with Crippen LogP contribution in [0.25, 0.3) is 10.9 Å². The molecule has 3 fully saturated rings. The Morgan fingerprint density at radius 3 is 2.96 bits per heavy atom. The van der Waals surface area contributed by atoms with E-state index in [0.717, 1.165) is 33.9 Å². The van der Waals surface area contributed by atoms with Crippen LogP contribution in [0.2, 0.25) is 0 Å². The molecule has 0 saturated carbocycles. The van der Waals surface area contributed by atoms with Gasteiger partial charge in [-0.1, -0.05) is 24.3 Å². The highest BCUT2D eigenvalue weighted by Crippen LogP contribution is 2.45. The van der Waals surface area contributed by atoms with Crippen LogP contribution in [0.5, 0.6) is 0 Å². The van der Waals surface area contributed by atoms with Crippen molar-refractivity contribution in [2.75, 3.05) is 20.1 Å². The van der Waals surface area contributed by atoms with E-state index in [1.807, 2.05) is 30.5 Å². The van der Waals surface area contributed by atoms with E-state index in [4.69, 9.17) is 0 Å². The Balaban J connectivity index is 1.72. The lowest BCUT2D eigenvalue weighted by Gasteiger charge is -2.56. The summed E-state index contributed by atoms with van der Waals surface area (Å²) in [6.07, 6.45) is 5.87. The highest BCUT2D eigenvalue weighted by atomic mass is 16.3. The van der Waals surface area contributed by atoms with Crippen molar-refractivity contribution in [3.05, 3.63) is 54.7 Å². The lowest BCUT2D eigenvalue weighted by atomic mass is 9.72. The maximum Gasteiger partial charge on any atom is 0.131 e. The van der Waals surface area contributed by atoms with Crippen LogP contribution < -0.4 is 0 Å². The Morgan fingerprint density at radius 2 is 2.17 bits per heavy atom. The van der Waals surface area contributed by atoms with Gasteiger partial charge >= 0.3 is 0 Å². The molecule has 1 N–H and O–H groups in total. The number of aliphatic hydroxyl groups is 1. The van der Waals surface area contributed by atoms with Crippen LogP contribution in [0.3, 0.4) is 0 Å². The molecule has 23 heavy (non-hydrogen) atoms. The first-order chi connectivity index (χ1) is 11.1. The largest absolute Gasteiger partial charge is 0.382 e. The number of rotatable bonds is 3. The summed E-state index contributed by atoms with van der Waals surface area (Å²) < 4.78 is 0.963. The number of para-hydroxylation sites is 1. The smallest absolute Gasteiger partial charge is 0.131 e. The molecule has 1 aromatic heterocycles.